The van der Waals surface area contributed by atoms with Crippen LogP contribution in [0.4, 0.5) is 26.3 Å². The average Bonchev–Trinajstić information content (AvgIpc) is 2.68. The van der Waals surface area contributed by atoms with Gasteiger partial charge in [0.25, 0.3) is 0 Å². The average molecular weight is 449 g/mol. The van der Waals surface area contributed by atoms with Crippen LogP contribution >= 0.6 is 0 Å². The lowest BCUT2D eigenvalue weighted by Gasteiger charge is -2.22. The molecule has 2 aromatic rings. The second kappa shape index (κ2) is 9.71. The molecule has 0 fully saturated rings. The summed E-state index contributed by atoms with van der Waals surface area (Å²) in [5, 5.41) is 2.33. The Labute approximate surface area is 173 Å². The van der Waals surface area contributed by atoms with Gasteiger partial charge in [0.05, 0.1) is 17.7 Å². The highest BCUT2D eigenvalue weighted by atomic mass is 19.4. The number of hydrogen-bond donors (Lipinski definition) is 1. The number of ether oxygens (including phenoxy) is 2. The minimum atomic E-state index is -4.86. The van der Waals surface area contributed by atoms with E-state index in [1.807, 2.05) is 0 Å². The Morgan fingerprint density at radius 1 is 0.968 bits per heavy atom. The van der Waals surface area contributed by atoms with Crippen molar-refractivity contribution in [3.63, 3.8) is 0 Å². The second-order valence-corrected chi connectivity index (χ2v) is 6.26. The van der Waals surface area contributed by atoms with Gasteiger partial charge < -0.3 is 14.8 Å². The van der Waals surface area contributed by atoms with Gasteiger partial charge in [-0.25, -0.2) is 4.79 Å². The summed E-state index contributed by atoms with van der Waals surface area (Å²) in [6.45, 7) is 0.717. The largest absolute Gasteiger partial charge is 0.474 e. The first-order valence-electron chi connectivity index (χ1n) is 8.80. The first kappa shape index (κ1) is 24.0. The van der Waals surface area contributed by atoms with Gasteiger partial charge in [0.1, 0.15) is 12.4 Å². The first-order valence-corrected chi connectivity index (χ1v) is 8.80. The minimum absolute atomic E-state index is 0.113. The molecule has 168 valence electrons. The molecule has 5 nitrogen and oxygen atoms in total. The molecule has 31 heavy (non-hydrogen) atoms. The molecule has 0 saturated heterocycles. The normalized spacial score (nSPS) is 12.7. The Hall–Kier alpha value is -3.24. The molecule has 0 aliphatic heterocycles. The highest BCUT2D eigenvalue weighted by molar-refractivity contribution is 5.78. The van der Waals surface area contributed by atoms with E-state index in [-0.39, 0.29) is 13.2 Å². The molecule has 1 N–H and O–H groups in total. The highest BCUT2D eigenvalue weighted by Crippen LogP contribution is 2.37. The Kier molecular flexibility index (Phi) is 7.53. The van der Waals surface area contributed by atoms with Gasteiger partial charge in [-0.15, -0.1) is 0 Å². The van der Waals surface area contributed by atoms with Crippen molar-refractivity contribution >= 4 is 11.9 Å². The van der Waals surface area contributed by atoms with Crippen molar-refractivity contribution in [3.8, 4) is 5.75 Å². The van der Waals surface area contributed by atoms with Crippen LogP contribution in [0, 0.1) is 0 Å². The van der Waals surface area contributed by atoms with Crippen molar-refractivity contribution in [2.45, 2.75) is 25.4 Å². The number of carbonyl (C=O) groups is 2. The summed E-state index contributed by atoms with van der Waals surface area (Å²) in [7, 11) is 0. The van der Waals surface area contributed by atoms with Crippen LogP contribution in [-0.2, 0) is 26.7 Å². The van der Waals surface area contributed by atoms with Crippen LogP contribution in [0.5, 0.6) is 5.75 Å². The lowest BCUT2D eigenvalue weighted by atomic mass is 10.0. The van der Waals surface area contributed by atoms with E-state index in [1.54, 1.807) is 0 Å². The Balaban J connectivity index is 2.38. The number of esters is 1. The molecule has 0 saturated carbocycles. The number of halogens is 6. The van der Waals surface area contributed by atoms with E-state index in [2.05, 4.69) is 5.32 Å². The third-order valence-corrected chi connectivity index (χ3v) is 3.90. The molecule has 11 heteroatoms. The van der Waals surface area contributed by atoms with E-state index >= 15 is 0 Å². The van der Waals surface area contributed by atoms with Gasteiger partial charge in [0.15, 0.2) is 0 Å². The van der Waals surface area contributed by atoms with Crippen molar-refractivity contribution in [1.82, 2.24) is 5.32 Å². The maximum absolute atomic E-state index is 13.4. The van der Waals surface area contributed by atoms with Gasteiger partial charge in [-0.1, -0.05) is 24.3 Å². The molecular weight excluding hydrogens is 432 g/mol. The monoisotopic (exact) mass is 449 g/mol. The summed E-state index contributed by atoms with van der Waals surface area (Å²) < 4.78 is 89.2. The summed E-state index contributed by atoms with van der Waals surface area (Å²) >= 11 is 0. The van der Waals surface area contributed by atoms with Crippen molar-refractivity contribution in [1.29, 1.82) is 0 Å². The van der Waals surface area contributed by atoms with E-state index in [1.165, 1.54) is 13.0 Å². The Bertz CT molecular complexity index is 926. The third-order valence-electron chi connectivity index (χ3n) is 3.90. The first-order chi connectivity index (χ1) is 14.4. The van der Waals surface area contributed by atoms with E-state index in [0.29, 0.717) is 12.1 Å². The molecule has 1 amide bonds. The van der Waals surface area contributed by atoms with Crippen LogP contribution in [0.15, 0.2) is 48.5 Å². The van der Waals surface area contributed by atoms with Gasteiger partial charge in [-0.05, 0) is 24.3 Å². The number of amides is 1. The second-order valence-electron chi connectivity index (χ2n) is 6.26. The van der Waals surface area contributed by atoms with E-state index < -0.39 is 52.8 Å². The smallest absolute Gasteiger partial charge is 0.416 e. The molecule has 0 aliphatic rings. The van der Waals surface area contributed by atoms with Crippen LogP contribution in [0.1, 0.15) is 29.7 Å². The summed E-state index contributed by atoms with van der Waals surface area (Å²) in [5.41, 5.74) is -2.94. The summed E-state index contributed by atoms with van der Waals surface area (Å²) in [4.78, 5) is 23.4. The standard InChI is InChI=1S/C20H17F6NO4/c1-12(28)27-9-10-30-18(29)17(15-7-2-3-8-16(15)20(24,25)26)31-14-6-4-5-13(11-14)19(21,22)23/h2-8,11,17H,9-10H2,1H3,(H,27,28). The van der Waals surface area contributed by atoms with E-state index in [0.717, 1.165) is 30.3 Å². The van der Waals surface area contributed by atoms with Crippen LogP contribution in [0.3, 0.4) is 0 Å². The van der Waals surface area contributed by atoms with Crippen molar-refractivity contribution in [3.05, 3.63) is 65.2 Å². The number of carbonyl (C=O) groups excluding carboxylic acids is 2. The fourth-order valence-corrected chi connectivity index (χ4v) is 2.56. The number of hydrogen-bond acceptors (Lipinski definition) is 4. The van der Waals surface area contributed by atoms with Crippen molar-refractivity contribution in [2.24, 2.45) is 0 Å². The topological polar surface area (TPSA) is 64.6 Å². The maximum Gasteiger partial charge on any atom is 0.416 e. The van der Waals surface area contributed by atoms with Gasteiger partial charge in [0, 0.05) is 12.5 Å². The van der Waals surface area contributed by atoms with Crippen LogP contribution in [0.25, 0.3) is 0 Å². The van der Waals surface area contributed by atoms with Gasteiger partial charge in [-0.3, -0.25) is 4.79 Å². The summed E-state index contributed by atoms with van der Waals surface area (Å²) in [5.74, 6) is -2.16. The zero-order chi connectivity index (χ0) is 23.2. The molecule has 0 bridgehead atoms. The van der Waals surface area contributed by atoms with E-state index in [4.69, 9.17) is 9.47 Å². The molecular formula is C20H17F6NO4. The van der Waals surface area contributed by atoms with E-state index in [9.17, 15) is 35.9 Å². The molecule has 0 radical (unpaired) electrons. The minimum Gasteiger partial charge on any atom is -0.474 e. The van der Waals surface area contributed by atoms with Crippen LogP contribution in [-0.4, -0.2) is 25.0 Å². The fraction of sp³-hybridized carbons (Fsp3) is 0.300. The van der Waals surface area contributed by atoms with Crippen molar-refractivity contribution in [2.75, 3.05) is 13.2 Å². The maximum atomic E-state index is 13.4. The molecule has 0 aromatic heterocycles. The van der Waals surface area contributed by atoms with Crippen LogP contribution in [0.2, 0.25) is 0 Å². The SMILES string of the molecule is CC(=O)NCCOC(=O)C(Oc1cccc(C(F)(F)F)c1)c1ccccc1C(F)(F)F. The number of rotatable bonds is 7. The van der Waals surface area contributed by atoms with Crippen LogP contribution < -0.4 is 10.1 Å². The van der Waals surface area contributed by atoms with Gasteiger partial charge in [0.2, 0.25) is 12.0 Å². The number of alkyl halides is 6. The predicted molar refractivity (Wildman–Crippen MR) is 95.9 cm³/mol. The summed E-state index contributed by atoms with van der Waals surface area (Å²) in [6, 6.07) is 7.37. The quantitative estimate of drug-likeness (QED) is 0.384. The molecule has 2 rings (SSSR count). The zero-order valence-corrected chi connectivity index (χ0v) is 16.0. The van der Waals surface area contributed by atoms with Gasteiger partial charge >= 0.3 is 18.3 Å². The van der Waals surface area contributed by atoms with Gasteiger partial charge in [-0.2, -0.15) is 26.3 Å². The zero-order valence-electron chi connectivity index (χ0n) is 16.0. The Morgan fingerprint density at radius 2 is 1.65 bits per heavy atom. The fourth-order valence-electron chi connectivity index (χ4n) is 2.56. The molecule has 0 spiro atoms. The lowest BCUT2D eigenvalue weighted by Crippen LogP contribution is -2.29. The predicted octanol–water partition coefficient (Wildman–Crippen LogP) is 4.52. The molecule has 1 atom stereocenters. The molecule has 2 aromatic carbocycles. The third kappa shape index (κ3) is 6.90. The summed E-state index contributed by atoms with van der Waals surface area (Å²) in [6.07, 6.45) is -11.6. The lowest BCUT2D eigenvalue weighted by molar-refractivity contribution is -0.154. The Morgan fingerprint density at radius 3 is 2.26 bits per heavy atom. The molecule has 1 unspecified atom stereocenters. The molecule has 0 heterocycles. The molecule has 0 aliphatic carbocycles. The highest BCUT2D eigenvalue weighted by Gasteiger charge is 2.38. The van der Waals surface area contributed by atoms with Crippen molar-refractivity contribution < 1.29 is 45.4 Å². The number of nitrogens with one attached hydrogen (secondary N) is 1. The number of benzene rings is 2.